The van der Waals surface area contributed by atoms with Crippen molar-refractivity contribution in [3.63, 3.8) is 0 Å². The van der Waals surface area contributed by atoms with E-state index in [9.17, 15) is 9.50 Å². The van der Waals surface area contributed by atoms with E-state index in [1.54, 1.807) is 13.0 Å². The Morgan fingerprint density at radius 3 is 2.71 bits per heavy atom. The highest BCUT2D eigenvalue weighted by Crippen LogP contribution is 2.42. The van der Waals surface area contributed by atoms with Crippen molar-refractivity contribution in [3.8, 4) is 5.75 Å². The summed E-state index contributed by atoms with van der Waals surface area (Å²) < 4.78 is 13.0. The van der Waals surface area contributed by atoms with Crippen molar-refractivity contribution in [1.82, 2.24) is 0 Å². The van der Waals surface area contributed by atoms with Crippen molar-refractivity contribution < 1.29 is 9.50 Å². The zero-order valence-electron chi connectivity index (χ0n) is 8.13. The van der Waals surface area contributed by atoms with Crippen molar-refractivity contribution in [2.45, 2.75) is 25.8 Å². The number of hydrogen-bond acceptors (Lipinski definition) is 2. The second kappa shape index (κ2) is 3.24. The molecule has 0 aliphatic heterocycles. The van der Waals surface area contributed by atoms with Gasteiger partial charge in [-0.15, -0.1) is 0 Å². The van der Waals surface area contributed by atoms with Crippen LogP contribution >= 0.6 is 0 Å². The maximum Gasteiger partial charge on any atom is 0.129 e. The van der Waals surface area contributed by atoms with Crippen LogP contribution in [0.1, 0.15) is 30.0 Å². The third kappa shape index (κ3) is 1.60. The van der Waals surface area contributed by atoms with Gasteiger partial charge in [0.25, 0.3) is 0 Å². The number of hydrogen-bond donors (Lipinski definition) is 2. The minimum absolute atomic E-state index is 0.0208. The van der Waals surface area contributed by atoms with Gasteiger partial charge in [-0.2, -0.15) is 0 Å². The summed E-state index contributed by atoms with van der Waals surface area (Å²) in [5.41, 5.74) is 7.15. The van der Waals surface area contributed by atoms with Crippen LogP contribution in [0, 0.1) is 18.7 Å². The van der Waals surface area contributed by atoms with Gasteiger partial charge in [-0.05, 0) is 37.3 Å². The second-order valence-corrected chi connectivity index (χ2v) is 4.02. The van der Waals surface area contributed by atoms with Gasteiger partial charge in [0, 0.05) is 17.7 Å². The van der Waals surface area contributed by atoms with Gasteiger partial charge in [0.05, 0.1) is 0 Å². The van der Waals surface area contributed by atoms with Crippen molar-refractivity contribution in [2.24, 2.45) is 11.7 Å². The summed E-state index contributed by atoms with van der Waals surface area (Å²) in [4.78, 5) is 0. The highest BCUT2D eigenvalue weighted by atomic mass is 19.1. The molecule has 14 heavy (non-hydrogen) atoms. The van der Waals surface area contributed by atoms with Crippen LogP contribution in [0.4, 0.5) is 4.39 Å². The van der Waals surface area contributed by atoms with Crippen molar-refractivity contribution in [3.05, 3.63) is 29.1 Å². The van der Waals surface area contributed by atoms with Crippen LogP contribution in [0.15, 0.2) is 12.1 Å². The van der Waals surface area contributed by atoms with Gasteiger partial charge in [0.2, 0.25) is 0 Å². The number of rotatable bonds is 2. The van der Waals surface area contributed by atoms with Gasteiger partial charge in [-0.1, -0.05) is 0 Å². The van der Waals surface area contributed by atoms with Crippen LogP contribution in [0.3, 0.4) is 0 Å². The summed E-state index contributed by atoms with van der Waals surface area (Å²) in [6.07, 6.45) is 2.22. The Bertz CT molecular complexity index is 361. The molecule has 76 valence electrons. The summed E-state index contributed by atoms with van der Waals surface area (Å²) in [6, 6.07) is 2.65. The summed E-state index contributed by atoms with van der Waals surface area (Å²) in [7, 11) is 0. The van der Waals surface area contributed by atoms with E-state index in [1.165, 1.54) is 0 Å². The standard InChI is InChI=1S/C11H14FNO/c1-6-4-8(10(14)5-9(6)12)11(13)7-2-3-7/h4-5,7,11,14H,2-3,13H2,1H3. The van der Waals surface area contributed by atoms with Crippen LogP contribution < -0.4 is 5.73 Å². The molecular weight excluding hydrogens is 181 g/mol. The van der Waals surface area contributed by atoms with E-state index in [-0.39, 0.29) is 17.6 Å². The number of halogens is 1. The number of nitrogens with two attached hydrogens (primary N) is 1. The van der Waals surface area contributed by atoms with Crippen LogP contribution in [-0.2, 0) is 0 Å². The maximum absolute atomic E-state index is 13.0. The first kappa shape index (κ1) is 9.46. The summed E-state index contributed by atoms with van der Waals surface area (Å²) >= 11 is 0. The molecule has 0 radical (unpaired) electrons. The maximum atomic E-state index is 13.0. The lowest BCUT2D eigenvalue weighted by molar-refractivity contribution is 0.449. The Hall–Kier alpha value is -1.09. The molecule has 1 saturated carbocycles. The Kier molecular flexibility index (Phi) is 2.19. The van der Waals surface area contributed by atoms with Crippen molar-refractivity contribution >= 4 is 0 Å². The predicted octanol–water partition coefficient (Wildman–Crippen LogP) is 2.25. The molecule has 1 aromatic rings. The Morgan fingerprint density at radius 2 is 2.14 bits per heavy atom. The molecule has 3 N–H and O–H groups in total. The Balaban J connectivity index is 2.36. The monoisotopic (exact) mass is 195 g/mol. The van der Waals surface area contributed by atoms with E-state index in [0.717, 1.165) is 18.9 Å². The Labute approximate surface area is 82.5 Å². The predicted molar refractivity (Wildman–Crippen MR) is 52.5 cm³/mol. The quantitative estimate of drug-likeness (QED) is 0.760. The first-order valence-electron chi connectivity index (χ1n) is 4.84. The molecular formula is C11H14FNO. The smallest absolute Gasteiger partial charge is 0.129 e. The average Bonchev–Trinajstić information content (AvgIpc) is 2.93. The third-order valence-corrected chi connectivity index (χ3v) is 2.80. The lowest BCUT2D eigenvalue weighted by atomic mass is 10.00. The minimum Gasteiger partial charge on any atom is -0.508 e. The number of phenolic OH excluding ortho intramolecular Hbond substituents is 1. The molecule has 1 aliphatic rings. The van der Waals surface area contributed by atoms with E-state index in [4.69, 9.17) is 5.73 Å². The highest BCUT2D eigenvalue weighted by Gasteiger charge is 2.31. The SMILES string of the molecule is Cc1cc(C(N)C2CC2)c(O)cc1F. The van der Waals surface area contributed by atoms with E-state index in [1.807, 2.05) is 0 Å². The van der Waals surface area contributed by atoms with E-state index in [2.05, 4.69) is 0 Å². The van der Waals surface area contributed by atoms with Crippen LogP contribution in [-0.4, -0.2) is 5.11 Å². The van der Waals surface area contributed by atoms with Gasteiger partial charge >= 0.3 is 0 Å². The first-order valence-corrected chi connectivity index (χ1v) is 4.84. The molecule has 0 spiro atoms. The fraction of sp³-hybridized carbons (Fsp3) is 0.455. The van der Waals surface area contributed by atoms with Gasteiger partial charge in [0.1, 0.15) is 11.6 Å². The van der Waals surface area contributed by atoms with E-state index in [0.29, 0.717) is 17.0 Å². The molecule has 1 atom stereocenters. The van der Waals surface area contributed by atoms with Crippen LogP contribution in [0.2, 0.25) is 0 Å². The molecule has 1 aromatic carbocycles. The van der Waals surface area contributed by atoms with Gasteiger partial charge in [-0.25, -0.2) is 4.39 Å². The molecule has 0 saturated heterocycles. The normalized spacial score (nSPS) is 18.2. The molecule has 0 heterocycles. The Morgan fingerprint density at radius 1 is 1.50 bits per heavy atom. The molecule has 1 aliphatic carbocycles. The topological polar surface area (TPSA) is 46.2 Å². The van der Waals surface area contributed by atoms with E-state index < -0.39 is 0 Å². The van der Waals surface area contributed by atoms with Crippen LogP contribution in [0.5, 0.6) is 5.75 Å². The molecule has 2 rings (SSSR count). The minimum atomic E-state index is -0.380. The summed E-state index contributed by atoms with van der Waals surface area (Å²) in [5.74, 6) is 0.0625. The van der Waals surface area contributed by atoms with Gasteiger partial charge in [-0.3, -0.25) is 0 Å². The second-order valence-electron chi connectivity index (χ2n) is 4.02. The van der Waals surface area contributed by atoms with E-state index >= 15 is 0 Å². The van der Waals surface area contributed by atoms with Gasteiger partial charge < -0.3 is 10.8 Å². The molecule has 1 fully saturated rings. The molecule has 0 amide bonds. The zero-order valence-corrected chi connectivity index (χ0v) is 8.13. The lowest BCUT2D eigenvalue weighted by Gasteiger charge is -2.13. The number of phenols is 1. The van der Waals surface area contributed by atoms with Crippen molar-refractivity contribution in [1.29, 1.82) is 0 Å². The number of aromatic hydroxyl groups is 1. The lowest BCUT2D eigenvalue weighted by Crippen LogP contribution is -2.13. The molecule has 0 bridgehead atoms. The highest BCUT2D eigenvalue weighted by molar-refractivity contribution is 5.39. The molecule has 2 nitrogen and oxygen atoms in total. The van der Waals surface area contributed by atoms with Crippen molar-refractivity contribution in [2.75, 3.05) is 0 Å². The number of benzene rings is 1. The van der Waals surface area contributed by atoms with Crippen LogP contribution in [0.25, 0.3) is 0 Å². The zero-order chi connectivity index (χ0) is 10.3. The molecule has 3 heteroatoms. The fourth-order valence-corrected chi connectivity index (χ4v) is 1.67. The third-order valence-electron chi connectivity index (χ3n) is 2.80. The average molecular weight is 195 g/mol. The molecule has 0 aromatic heterocycles. The largest absolute Gasteiger partial charge is 0.508 e. The first-order chi connectivity index (χ1) is 6.59. The molecule has 1 unspecified atom stereocenters. The summed E-state index contributed by atoms with van der Waals surface area (Å²) in [6.45, 7) is 1.68. The summed E-state index contributed by atoms with van der Waals surface area (Å²) in [5, 5.41) is 9.54. The van der Waals surface area contributed by atoms with Gasteiger partial charge in [0.15, 0.2) is 0 Å². The number of aryl methyl sites for hydroxylation is 1. The fourth-order valence-electron chi connectivity index (χ4n) is 1.67.